The number of carbonyl (C=O) groups is 1. The Morgan fingerprint density at radius 2 is 2.23 bits per heavy atom. The Balaban J connectivity index is 2.24. The molecule has 1 aromatic rings. The van der Waals surface area contributed by atoms with E-state index in [1.807, 2.05) is 7.05 Å². The van der Waals surface area contributed by atoms with Crippen LogP contribution in [0.1, 0.15) is 23.2 Å². The van der Waals surface area contributed by atoms with Gasteiger partial charge in [-0.2, -0.15) is 4.31 Å². The first-order valence-electron chi connectivity index (χ1n) is 7.32. The first-order chi connectivity index (χ1) is 10.5. The van der Waals surface area contributed by atoms with E-state index in [2.05, 4.69) is 10.1 Å². The second-order valence-corrected chi connectivity index (χ2v) is 7.39. The van der Waals surface area contributed by atoms with Crippen LogP contribution in [0.3, 0.4) is 0 Å². The van der Waals surface area contributed by atoms with Gasteiger partial charge in [-0.1, -0.05) is 6.07 Å². The number of methoxy groups -OCH3 is 1. The van der Waals surface area contributed by atoms with E-state index in [0.717, 1.165) is 19.4 Å². The SMILES string of the molecule is CNCC1CCCN(S(=O)(=O)c2cccc(C(=O)OC)c2)C1. The maximum absolute atomic E-state index is 12.8. The Labute approximate surface area is 131 Å². The molecule has 1 N–H and O–H groups in total. The third kappa shape index (κ3) is 3.66. The average Bonchev–Trinajstić information content (AvgIpc) is 2.55. The molecule has 0 aliphatic carbocycles. The molecule has 1 atom stereocenters. The van der Waals surface area contributed by atoms with Crippen LogP contribution in [0, 0.1) is 5.92 Å². The Morgan fingerprint density at radius 3 is 2.91 bits per heavy atom. The molecule has 22 heavy (non-hydrogen) atoms. The topological polar surface area (TPSA) is 75.7 Å². The summed E-state index contributed by atoms with van der Waals surface area (Å²) in [6, 6.07) is 6.01. The van der Waals surface area contributed by atoms with Gasteiger partial charge >= 0.3 is 5.97 Å². The molecule has 0 aromatic heterocycles. The number of hydrogen-bond donors (Lipinski definition) is 1. The van der Waals surface area contributed by atoms with E-state index in [-0.39, 0.29) is 10.5 Å². The third-order valence-corrected chi connectivity index (χ3v) is 5.73. The summed E-state index contributed by atoms with van der Waals surface area (Å²) < 4.78 is 31.7. The van der Waals surface area contributed by atoms with Gasteiger partial charge in [0.2, 0.25) is 10.0 Å². The zero-order valence-electron chi connectivity index (χ0n) is 12.9. The number of carbonyl (C=O) groups excluding carboxylic acids is 1. The van der Waals surface area contributed by atoms with Crippen LogP contribution >= 0.6 is 0 Å². The van der Waals surface area contributed by atoms with Gasteiger partial charge in [0.25, 0.3) is 0 Å². The molecular weight excluding hydrogens is 304 g/mol. The van der Waals surface area contributed by atoms with Gasteiger partial charge in [0.15, 0.2) is 0 Å². The lowest BCUT2D eigenvalue weighted by molar-refractivity contribution is 0.0600. The normalized spacial score (nSPS) is 19.8. The first-order valence-corrected chi connectivity index (χ1v) is 8.76. The molecule has 1 aromatic carbocycles. The predicted octanol–water partition coefficient (Wildman–Crippen LogP) is 1.09. The van der Waals surface area contributed by atoms with Gasteiger partial charge in [-0.15, -0.1) is 0 Å². The van der Waals surface area contributed by atoms with Crippen molar-refractivity contribution in [3.05, 3.63) is 29.8 Å². The van der Waals surface area contributed by atoms with Gasteiger partial charge < -0.3 is 10.1 Å². The molecule has 1 aliphatic heterocycles. The molecule has 1 fully saturated rings. The third-order valence-electron chi connectivity index (χ3n) is 3.87. The Kier molecular flexibility index (Phi) is 5.55. The van der Waals surface area contributed by atoms with Crippen LogP contribution < -0.4 is 5.32 Å². The van der Waals surface area contributed by atoms with Crippen LogP contribution in [0.5, 0.6) is 0 Å². The van der Waals surface area contributed by atoms with Crippen LogP contribution in [-0.4, -0.2) is 52.5 Å². The van der Waals surface area contributed by atoms with Crippen LogP contribution in [0.25, 0.3) is 0 Å². The number of esters is 1. The van der Waals surface area contributed by atoms with Gasteiger partial charge in [0, 0.05) is 13.1 Å². The molecule has 0 saturated carbocycles. The van der Waals surface area contributed by atoms with Crippen molar-refractivity contribution in [3.63, 3.8) is 0 Å². The monoisotopic (exact) mass is 326 g/mol. The highest BCUT2D eigenvalue weighted by Gasteiger charge is 2.30. The number of rotatable bonds is 5. The lowest BCUT2D eigenvalue weighted by atomic mass is 10.00. The van der Waals surface area contributed by atoms with E-state index in [0.29, 0.717) is 19.0 Å². The Bertz CT molecular complexity index is 628. The molecule has 1 unspecified atom stereocenters. The van der Waals surface area contributed by atoms with E-state index in [4.69, 9.17) is 0 Å². The molecular formula is C15H22N2O4S. The summed E-state index contributed by atoms with van der Waals surface area (Å²) in [5.41, 5.74) is 0.243. The second-order valence-electron chi connectivity index (χ2n) is 5.45. The van der Waals surface area contributed by atoms with E-state index in [1.165, 1.54) is 23.5 Å². The molecule has 0 radical (unpaired) electrons. The molecule has 1 aliphatic rings. The molecule has 122 valence electrons. The average molecular weight is 326 g/mol. The van der Waals surface area contributed by atoms with Crippen molar-refractivity contribution in [2.45, 2.75) is 17.7 Å². The lowest BCUT2D eigenvalue weighted by Gasteiger charge is -2.31. The van der Waals surface area contributed by atoms with Gasteiger partial charge in [-0.05, 0) is 50.6 Å². The molecule has 7 heteroatoms. The highest BCUT2D eigenvalue weighted by atomic mass is 32.2. The van der Waals surface area contributed by atoms with Crippen LogP contribution in [-0.2, 0) is 14.8 Å². The molecule has 2 rings (SSSR count). The van der Waals surface area contributed by atoms with E-state index >= 15 is 0 Å². The molecule has 0 spiro atoms. The fraction of sp³-hybridized carbons (Fsp3) is 0.533. The van der Waals surface area contributed by atoms with Gasteiger partial charge in [-0.25, -0.2) is 13.2 Å². The summed E-state index contributed by atoms with van der Waals surface area (Å²) in [5.74, 6) is -0.221. The smallest absolute Gasteiger partial charge is 0.337 e. The molecule has 6 nitrogen and oxygen atoms in total. The largest absolute Gasteiger partial charge is 0.465 e. The van der Waals surface area contributed by atoms with Crippen LogP contribution in [0.15, 0.2) is 29.2 Å². The Morgan fingerprint density at radius 1 is 1.45 bits per heavy atom. The lowest BCUT2D eigenvalue weighted by Crippen LogP contribution is -2.42. The van der Waals surface area contributed by atoms with E-state index < -0.39 is 16.0 Å². The van der Waals surface area contributed by atoms with Gasteiger partial charge in [0.05, 0.1) is 17.6 Å². The molecule has 1 heterocycles. The van der Waals surface area contributed by atoms with Crippen molar-refractivity contribution in [2.24, 2.45) is 5.92 Å². The number of nitrogens with one attached hydrogen (secondary N) is 1. The summed E-state index contributed by atoms with van der Waals surface area (Å²) >= 11 is 0. The van der Waals surface area contributed by atoms with E-state index in [9.17, 15) is 13.2 Å². The van der Waals surface area contributed by atoms with Crippen molar-refractivity contribution in [2.75, 3.05) is 33.8 Å². The van der Waals surface area contributed by atoms with Crippen molar-refractivity contribution >= 4 is 16.0 Å². The summed E-state index contributed by atoms with van der Waals surface area (Å²) in [5, 5.41) is 3.10. The minimum absolute atomic E-state index is 0.139. The van der Waals surface area contributed by atoms with Crippen molar-refractivity contribution in [1.82, 2.24) is 9.62 Å². The highest BCUT2D eigenvalue weighted by molar-refractivity contribution is 7.89. The maximum atomic E-state index is 12.8. The fourth-order valence-corrected chi connectivity index (χ4v) is 4.35. The number of hydrogen-bond acceptors (Lipinski definition) is 5. The van der Waals surface area contributed by atoms with Crippen molar-refractivity contribution < 1.29 is 17.9 Å². The minimum atomic E-state index is -3.58. The summed E-state index contributed by atoms with van der Waals surface area (Å²) in [6.45, 7) is 1.82. The van der Waals surface area contributed by atoms with Crippen molar-refractivity contribution in [3.8, 4) is 0 Å². The summed E-state index contributed by atoms with van der Waals surface area (Å²) in [4.78, 5) is 11.7. The van der Waals surface area contributed by atoms with Gasteiger partial charge in [-0.3, -0.25) is 0 Å². The predicted molar refractivity (Wildman–Crippen MR) is 83.2 cm³/mol. The van der Waals surface area contributed by atoms with Crippen LogP contribution in [0.2, 0.25) is 0 Å². The van der Waals surface area contributed by atoms with Crippen molar-refractivity contribution in [1.29, 1.82) is 0 Å². The molecule has 0 bridgehead atoms. The standard InChI is InChI=1S/C15H22N2O4S/c1-16-10-12-5-4-8-17(11-12)22(19,20)14-7-3-6-13(9-14)15(18)21-2/h3,6-7,9,12,16H,4-5,8,10-11H2,1-2H3. The minimum Gasteiger partial charge on any atom is -0.465 e. The summed E-state index contributed by atoms with van der Waals surface area (Å²) in [7, 11) is -0.437. The number of ether oxygens (including phenoxy) is 1. The molecule has 0 amide bonds. The number of benzene rings is 1. The first kappa shape index (κ1) is 16.9. The van der Waals surface area contributed by atoms with E-state index in [1.54, 1.807) is 12.1 Å². The Hall–Kier alpha value is -1.44. The van der Waals surface area contributed by atoms with Gasteiger partial charge in [0.1, 0.15) is 0 Å². The quantitative estimate of drug-likeness (QED) is 0.820. The number of nitrogens with zero attached hydrogens (tertiary/aromatic N) is 1. The number of piperidine rings is 1. The maximum Gasteiger partial charge on any atom is 0.337 e. The zero-order chi connectivity index (χ0) is 16.2. The molecule has 1 saturated heterocycles. The van der Waals surface area contributed by atoms with Crippen LogP contribution in [0.4, 0.5) is 0 Å². The second kappa shape index (κ2) is 7.21. The summed E-state index contributed by atoms with van der Waals surface area (Å²) in [6.07, 6.45) is 1.87. The zero-order valence-corrected chi connectivity index (χ0v) is 13.7. The number of sulfonamides is 1. The fourth-order valence-electron chi connectivity index (χ4n) is 2.75. The highest BCUT2D eigenvalue weighted by Crippen LogP contribution is 2.24.